The first kappa shape index (κ1) is 5.44. The summed E-state index contributed by atoms with van der Waals surface area (Å²) in [6, 6.07) is 3.84. The zero-order valence-electron chi connectivity index (χ0n) is 3.44. The third-order valence-corrected chi connectivity index (χ3v) is 2.11. The summed E-state index contributed by atoms with van der Waals surface area (Å²) >= 11 is 7.68. The second-order valence-corrected chi connectivity index (χ2v) is 2.61. The van der Waals surface area contributed by atoms with Crippen molar-refractivity contribution < 1.29 is 0 Å². The molecule has 1 aromatic rings. The van der Waals surface area contributed by atoms with Crippen molar-refractivity contribution >= 4 is 34.4 Å². The third-order valence-electron chi connectivity index (χ3n) is 0.655. The second kappa shape index (κ2) is 2.05. The summed E-state index contributed by atoms with van der Waals surface area (Å²) in [6.07, 6.45) is 1.79. The average Bonchev–Trinajstić information content (AvgIpc) is 1.91. The maximum absolute atomic E-state index is 5.53. The van der Waals surface area contributed by atoms with Crippen molar-refractivity contribution in [2.75, 3.05) is 0 Å². The Hall–Kier alpha value is 0.300. The number of aromatic nitrogens is 1. The summed E-state index contributed by atoms with van der Waals surface area (Å²) in [5.74, 6) is 0. The summed E-state index contributed by atoms with van der Waals surface area (Å²) in [7, 11) is 0. The first-order valence-electron chi connectivity index (χ1n) is 1.80. The van der Waals surface area contributed by atoms with Gasteiger partial charge in [0.2, 0.25) is 0 Å². The minimum atomic E-state index is 1.04. The van der Waals surface area contributed by atoms with Crippen LogP contribution in [0.5, 0.6) is 0 Å². The predicted octanol–water partition coefficient (Wildman–Crippen LogP) is 2.09. The van der Waals surface area contributed by atoms with Gasteiger partial charge in [-0.15, -0.1) is 0 Å². The van der Waals surface area contributed by atoms with E-state index in [1.54, 1.807) is 10.3 Å². The zero-order chi connectivity index (χ0) is 5.28. The molecule has 1 rings (SSSR count). The fraction of sp³-hybridized carbons (Fsp3) is 0. The molecule has 7 heavy (non-hydrogen) atoms. The van der Waals surface area contributed by atoms with Crippen LogP contribution in [0.25, 0.3) is 0 Å². The van der Waals surface area contributed by atoms with Gasteiger partial charge in [0.05, 0.1) is 3.70 Å². The molecule has 0 atom stereocenters. The SMILES string of the molecule is Cln1cccc1I. The maximum Gasteiger partial charge on any atom is 0.0954 e. The van der Waals surface area contributed by atoms with E-state index in [9.17, 15) is 0 Å². The Morgan fingerprint density at radius 2 is 2.43 bits per heavy atom. The first-order valence-corrected chi connectivity index (χ1v) is 3.21. The van der Waals surface area contributed by atoms with Crippen LogP contribution in [0.15, 0.2) is 18.3 Å². The highest BCUT2D eigenvalue weighted by atomic mass is 127. The van der Waals surface area contributed by atoms with Gasteiger partial charge in [0.25, 0.3) is 0 Å². The zero-order valence-corrected chi connectivity index (χ0v) is 6.35. The van der Waals surface area contributed by atoms with Crippen molar-refractivity contribution in [3.05, 3.63) is 22.0 Å². The molecule has 0 bridgehead atoms. The van der Waals surface area contributed by atoms with Gasteiger partial charge < -0.3 is 0 Å². The molecule has 0 N–H and O–H groups in total. The Kier molecular flexibility index (Phi) is 1.59. The lowest BCUT2D eigenvalue weighted by Gasteiger charge is -1.83. The molecular formula is C4H3ClIN. The van der Waals surface area contributed by atoms with E-state index in [2.05, 4.69) is 22.6 Å². The van der Waals surface area contributed by atoms with Crippen LogP contribution in [-0.4, -0.2) is 4.09 Å². The number of hydrogen-bond donors (Lipinski definition) is 0. The van der Waals surface area contributed by atoms with Gasteiger partial charge in [0, 0.05) is 18.0 Å². The van der Waals surface area contributed by atoms with Crippen molar-refractivity contribution in [1.29, 1.82) is 0 Å². The lowest BCUT2D eigenvalue weighted by Crippen LogP contribution is -1.74. The Morgan fingerprint density at radius 1 is 1.71 bits per heavy atom. The summed E-state index contributed by atoms with van der Waals surface area (Å²) in [5.41, 5.74) is 0. The Bertz CT molecular complexity index is 144. The van der Waals surface area contributed by atoms with E-state index in [4.69, 9.17) is 11.8 Å². The highest BCUT2D eigenvalue weighted by molar-refractivity contribution is 14.1. The fourth-order valence-electron chi connectivity index (χ4n) is 0.340. The van der Waals surface area contributed by atoms with Gasteiger partial charge in [-0.2, -0.15) is 0 Å². The van der Waals surface area contributed by atoms with E-state index < -0.39 is 0 Å². The van der Waals surface area contributed by atoms with Crippen molar-refractivity contribution in [3.8, 4) is 0 Å². The van der Waals surface area contributed by atoms with E-state index in [0.717, 1.165) is 3.70 Å². The quantitative estimate of drug-likeness (QED) is 0.598. The molecule has 0 aliphatic heterocycles. The smallest absolute Gasteiger partial charge is 0.0954 e. The molecule has 0 radical (unpaired) electrons. The van der Waals surface area contributed by atoms with Gasteiger partial charge in [0.1, 0.15) is 0 Å². The largest absolute Gasteiger partial charge is 0.255 e. The van der Waals surface area contributed by atoms with Gasteiger partial charge in [-0.3, -0.25) is 4.09 Å². The van der Waals surface area contributed by atoms with Crippen LogP contribution in [0.2, 0.25) is 0 Å². The summed E-state index contributed by atoms with van der Waals surface area (Å²) in [6.45, 7) is 0. The first-order chi connectivity index (χ1) is 3.30. The van der Waals surface area contributed by atoms with Gasteiger partial charge >= 0.3 is 0 Å². The van der Waals surface area contributed by atoms with Gasteiger partial charge in [-0.25, -0.2) is 0 Å². The molecule has 0 aliphatic carbocycles. The molecule has 0 aliphatic rings. The topological polar surface area (TPSA) is 4.93 Å². The molecule has 0 spiro atoms. The minimum Gasteiger partial charge on any atom is -0.255 e. The van der Waals surface area contributed by atoms with Crippen LogP contribution < -0.4 is 0 Å². The maximum atomic E-state index is 5.53. The standard InChI is InChI=1S/C4H3ClIN/c5-7-3-1-2-4(7)6/h1-3H. The molecular weight excluding hydrogens is 224 g/mol. The summed E-state index contributed by atoms with van der Waals surface area (Å²) < 4.78 is 2.58. The molecule has 1 aromatic heterocycles. The summed E-state index contributed by atoms with van der Waals surface area (Å²) in [4.78, 5) is 0. The van der Waals surface area contributed by atoms with Crippen LogP contribution in [-0.2, 0) is 0 Å². The minimum absolute atomic E-state index is 1.04. The van der Waals surface area contributed by atoms with Crippen molar-refractivity contribution in [1.82, 2.24) is 4.09 Å². The molecule has 3 heteroatoms. The third kappa shape index (κ3) is 1.10. The Morgan fingerprint density at radius 3 is 2.57 bits per heavy atom. The molecule has 1 nitrogen and oxygen atoms in total. The van der Waals surface area contributed by atoms with Crippen LogP contribution >= 0.6 is 34.4 Å². The van der Waals surface area contributed by atoms with Crippen LogP contribution in [0.3, 0.4) is 0 Å². The summed E-state index contributed by atoms with van der Waals surface area (Å²) in [5, 5.41) is 0. The molecule has 0 amide bonds. The fourth-order valence-corrected chi connectivity index (χ4v) is 0.830. The Balaban J connectivity index is 3.12. The molecule has 0 fully saturated rings. The second-order valence-electron chi connectivity index (χ2n) is 1.14. The van der Waals surface area contributed by atoms with E-state index in [1.165, 1.54) is 0 Å². The van der Waals surface area contributed by atoms with E-state index in [1.807, 2.05) is 12.1 Å². The van der Waals surface area contributed by atoms with Gasteiger partial charge in [0.15, 0.2) is 0 Å². The molecule has 1 heterocycles. The molecule has 0 aromatic carbocycles. The highest BCUT2D eigenvalue weighted by Crippen LogP contribution is 2.05. The molecule has 0 saturated heterocycles. The molecule has 38 valence electrons. The van der Waals surface area contributed by atoms with E-state index in [0.29, 0.717) is 0 Å². The lowest BCUT2D eigenvalue weighted by molar-refractivity contribution is 1.22. The number of hydrogen-bond acceptors (Lipinski definition) is 0. The van der Waals surface area contributed by atoms with Gasteiger partial charge in [-0.05, 0) is 34.7 Å². The van der Waals surface area contributed by atoms with Crippen LogP contribution in [0, 0.1) is 3.70 Å². The van der Waals surface area contributed by atoms with Gasteiger partial charge in [-0.1, -0.05) is 0 Å². The van der Waals surface area contributed by atoms with Crippen LogP contribution in [0.1, 0.15) is 0 Å². The predicted molar refractivity (Wildman–Crippen MR) is 38.4 cm³/mol. The molecule has 0 unspecified atom stereocenters. The van der Waals surface area contributed by atoms with Crippen molar-refractivity contribution in [3.63, 3.8) is 0 Å². The van der Waals surface area contributed by atoms with E-state index in [-0.39, 0.29) is 0 Å². The van der Waals surface area contributed by atoms with Crippen LogP contribution in [0.4, 0.5) is 0 Å². The van der Waals surface area contributed by atoms with Crippen molar-refractivity contribution in [2.24, 2.45) is 0 Å². The van der Waals surface area contributed by atoms with Crippen molar-refractivity contribution in [2.45, 2.75) is 0 Å². The number of nitrogens with zero attached hydrogens (tertiary/aromatic N) is 1. The molecule has 0 saturated carbocycles. The number of halogens is 2. The van der Waals surface area contributed by atoms with E-state index >= 15 is 0 Å². The lowest BCUT2D eigenvalue weighted by atomic mass is 10.7. The monoisotopic (exact) mass is 227 g/mol. The highest BCUT2D eigenvalue weighted by Gasteiger charge is 1.86. The number of rotatable bonds is 0. The average molecular weight is 227 g/mol. The normalized spacial score (nSPS) is 9.43. The Labute approximate surface area is 60.5 Å².